The Bertz CT molecular complexity index is 1040. The number of nitrogens with zero attached hydrogens (tertiary/aromatic N) is 1. The molecule has 6 nitrogen and oxygen atoms in total. The van der Waals surface area contributed by atoms with Crippen LogP contribution in [0.2, 0.25) is 10.0 Å². The summed E-state index contributed by atoms with van der Waals surface area (Å²) in [5.74, 6) is -0.361. The molecule has 1 aromatic carbocycles. The molecule has 1 amide bonds. The maximum absolute atomic E-state index is 13.1. The molecule has 1 aliphatic heterocycles. The van der Waals surface area contributed by atoms with Crippen LogP contribution in [0.3, 0.4) is 0 Å². The highest BCUT2D eigenvalue weighted by atomic mass is 35.5. The molecular formula is C23H23Cl2NO5. The summed E-state index contributed by atoms with van der Waals surface area (Å²) in [6, 6.07) is 5.53. The summed E-state index contributed by atoms with van der Waals surface area (Å²) in [5.41, 5.74) is 0.202. The van der Waals surface area contributed by atoms with Crippen molar-refractivity contribution in [1.29, 1.82) is 0 Å². The van der Waals surface area contributed by atoms with Crippen molar-refractivity contribution in [3.8, 4) is 5.75 Å². The van der Waals surface area contributed by atoms with Crippen molar-refractivity contribution < 1.29 is 23.8 Å². The molecular weight excluding hydrogens is 441 g/mol. The lowest BCUT2D eigenvalue weighted by Gasteiger charge is -2.34. The zero-order valence-corrected chi connectivity index (χ0v) is 18.8. The van der Waals surface area contributed by atoms with Crippen molar-refractivity contribution in [2.75, 3.05) is 7.11 Å². The Kier molecular flexibility index (Phi) is 6.04. The smallest absolute Gasteiger partial charge is 0.296 e. The molecule has 1 aliphatic carbocycles. The van der Waals surface area contributed by atoms with E-state index in [4.69, 9.17) is 32.4 Å². The van der Waals surface area contributed by atoms with Crippen molar-refractivity contribution in [1.82, 2.24) is 4.90 Å². The number of methoxy groups -OCH3 is 1. The number of hydrogen-bond donors (Lipinski definition) is 1. The van der Waals surface area contributed by atoms with E-state index in [0.717, 1.165) is 32.1 Å². The number of Topliss-reactive ketones (excluding diaryl/α,β-unsaturated/α-hetero) is 1. The quantitative estimate of drug-likeness (QED) is 0.359. The lowest BCUT2D eigenvalue weighted by molar-refractivity contribution is -0.142. The van der Waals surface area contributed by atoms with E-state index in [1.165, 1.54) is 19.2 Å². The van der Waals surface area contributed by atoms with Gasteiger partial charge < -0.3 is 19.2 Å². The Morgan fingerprint density at radius 1 is 1.13 bits per heavy atom. The van der Waals surface area contributed by atoms with Crippen LogP contribution in [0.5, 0.6) is 5.75 Å². The van der Waals surface area contributed by atoms with Gasteiger partial charge in [0.15, 0.2) is 5.75 Å². The number of ether oxygens (including phenoxy) is 1. The maximum atomic E-state index is 13.1. The molecule has 0 bridgehead atoms. The van der Waals surface area contributed by atoms with Crippen molar-refractivity contribution >= 4 is 40.7 Å². The first-order valence-electron chi connectivity index (χ1n) is 10.2. The molecule has 8 heteroatoms. The van der Waals surface area contributed by atoms with E-state index in [2.05, 4.69) is 0 Å². The number of amides is 1. The van der Waals surface area contributed by atoms with Gasteiger partial charge in [-0.25, -0.2) is 0 Å². The van der Waals surface area contributed by atoms with Gasteiger partial charge in [0, 0.05) is 11.6 Å². The van der Waals surface area contributed by atoms with Gasteiger partial charge in [0.2, 0.25) is 0 Å². The van der Waals surface area contributed by atoms with Gasteiger partial charge in [-0.05, 0) is 44.0 Å². The van der Waals surface area contributed by atoms with E-state index >= 15 is 0 Å². The van der Waals surface area contributed by atoms with Gasteiger partial charge in [-0.15, -0.1) is 0 Å². The normalized spacial score (nSPS) is 21.7. The number of carbonyl (C=O) groups is 2. The van der Waals surface area contributed by atoms with Gasteiger partial charge in [0.05, 0.1) is 22.7 Å². The topological polar surface area (TPSA) is 80.0 Å². The Balaban J connectivity index is 1.88. The lowest BCUT2D eigenvalue weighted by atomic mass is 9.92. The minimum atomic E-state index is -0.809. The van der Waals surface area contributed by atoms with E-state index in [9.17, 15) is 14.7 Å². The molecule has 0 radical (unpaired) electrons. The van der Waals surface area contributed by atoms with Gasteiger partial charge in [-0.1, -0.05) is 42.5 Å². The maximum Gasteiger partial charge on any atom is 0.296 e. The summed E-state index contributed by atoms with van der Waals surface area (Å²) in [7, 11) is 1.43. The fourth-order valence-corrected chi connectivity index (χ4v) is 5.15. The van der Waals surface area contributed by atoms with Crippen LogP contribution in [0.4, 0.5) is 0 Å². The van der Waals surface area contributed by atoms with Crippen LogP contribution >= 0.6 is 23.2 Å². The second-order valence-electron chi connectivity index (χ2n) is 7.92. The molecule has 1 aromatic heterocycles. The zero-order chi connectivity index (χ0) is 22.3. The molecule has 2 aliphatic rings. The number of hydrogen-bond acceptors (Lipinski definition) is 5. The Morgan fingerprint density at radius 2 is 1.77 bits per heavy atom. The number of aliphatic hydroxyl groups excluding tert-OH is 1. The third-order valence-corrected chi connectivity index (χ3v) is 6.52. The van der Waals surface area contributed by atoms with Gasteiger partial charge in [-0.3, -0.25) is 9.59 Å². The molecule has 1 saturated heterocycles. The summed E-state index contributed by atoms with van der Waals surface area (Å²) < 4.78 is 11.0. The first-order chi connectivity index (χ1) is 14.8. The number of aliphatic hydroxyl groups is 1. The average Bonchev–Trinajstić information content (AvgIpc) is 3.29. The third kappa shape index (κ3) is 3.83. The molecule has 0 spiro atoms. The fraction of sp³-hybridized carbons (Fsp3) is 0.391. The van der Waals surface area contributed by atoms with E-state index in [1.54, 1.807) is 24.0 Å². The van der Waals surface area contributed by atoms with Crippen LogP contribution in [-0.4, -0.2) is 34.8 Å². The van der Waals surface area contributed by atoms with Gasteiger partial charge in [-0.2, -0.15) is 0 Å². The molecule has 4 rings (SSSR count). The van der Waals surface area contributed by atoms with Crippen LogP contribution in [0.25, 0.3) is 5.76 Å². The Morgan fingerprint density at radius 3 is 2.32 bits per heavy atom. The number of furan rings is 1. The van der Waals surface area contributed by atoms with E-state index in [0.29, 0.717) is 11.5 Å². The van der Waals surface area contributed by atoms with Crippen LogP contribution in [0.15, 0.2) is 34.3 Å². The van der Waals surface area contributed by atoms with E-state index in [-0.39, 0.29) is 38.7 Å². The second-order valence-corrected chi connectivity index (χ2v) is 8.73. The average molecular weight is 464 g/mol. The van der Waals surface area contributed by atoms with Crippen molar-refractivity contribution in [2.45, 2.75) is 51.1 Å². The van der Waals surface area contributed by atoms with E-state index < -0.39 is 17.7 Å². The molecule has 1 unspecified atom stereocenters. The molecule has 164 valence electrons. The minimum absolute atomic E-state index is 0.0257. The number of likely N-dealkylation sites (tertiary alicyclic amines) is 1. The van der Waals surface area contributed by atoms with Gasteiger partial charge >= 0.3 is 0 Å². The van der Waals surface area contributed by atoms with E-state index in [1.807, 2.05) is 0 Å². The first-order valence-corrected chi connectivity index (χ1v) is 11.0. The molecule has 1 atom stereocenters. The lowest BCUT2D eigenvalue weighted by Crippen LogP contribution is -2.40. The van der Waals surface area contributed by atoms with Crippen LogP contribution in [0, 0.1) is 6.92 Å². The second kappa shape index (κ2) is 8.60. The number of ketones is 1. The van der Waals surface area contributed by atoms with Crippen molar-refractivity contribution in [2.24, 2.45) is 0 Å². The molecule has 1 N–H and O–H groups in total. The number of benzene rings is 1. The SMILES string of the molecule is COc1c(Cl)cc(/C(O)=C2/C(=O)C(=O)N(C3CCCCC3)C2c2ccc(C)o2)cc1Cl. The van der Waals surface area contributed by atoms with Gasteiger partial charge in [0.25, 0.3) is 11.7 Å². The van der Waals surface area contributed by atoms with Crippen LogP contribution < -0.4 is 4.74 Å². The summed E-state index contributed by atoms with van der Waals surface area (Å²) in [6.07, 6.45) is 4.70. The van der Waals surface area contributed by atoms with Crippen LogP contribution in [-0.2, 0) is 9.59 Å². The number of carbonyl (C=O) groups excluding carboxylic acids is 2. The summed E-state index contributed by atoms with van der Waals surface area (Å²) in [4.78, 5) is 27.8. The van der Waals surface area contributed by atoms with Gasteiger partial charge in [0.1, 0.15) is 23.3 Å². The highest BCUT2D eigenvalue weighted by Crippen LogP contribution is 2.44. The largest absolute Gasteiger partial charge is 0.507 e. The Hall–Kier alpha value is -2.44. The van der Waals surface area contributed by atoms with Crippen molar-refractivity contribution in [3.05, 3.63) is 57.0 Å². The first kappa shape index (κ1) is 21.8. The highest BCUT2D eigenvalue weighted by Gasteiger charge is 2.50. The summed E-state index contributed by atoms with van der Waals surface area (Å²) in [6.45, 7) is 1.79. The highest BCUT2D eigenvalue weighted by molar-refractivity contribution is 6.46. The number of rotatable bonds is 4. The summed E-state index contributed by atoms with van der Waals surface area (Å²) >= 11 is 12.5. The minimum Gasteiger partial charge on any atom is -0.507 e. The fourth-order valence-electron chi connectivity index (χ4n) is 4.51. The molecule has 31 heavy (non-hydrogen) atoms. The molecule has 2 heterocycles. The molecule has 2 fully saturated rings. The molecule has 2 aromatic rings. The Labute approximate surface area is 190 Å². The predicted octanol–water partition coefficient (Wildman–Crippen LogP) is 5.66. The third-order valence-electron chi connectivity index (χ3n) is 5.95. The summed E-state index contributed by atoms with van der Waals surface area (Å²) in [5, 5.41) is 11.5. The van der Waals surface area contributed by atoms with Crippen molar-refractivity contribution in [3.63, 3.8) is 0 Å². The zero-order valence-electron chi connectivity index (χ0n) is 17.3. The standard InChI is InChI=1S/C23H23Cl2NO5/c1-12-8-9-17(31-12)19-18(20(27)13-10-15(24)22(30-2)16(25)11-13)21(28)23(29)26(19)14-6-4-3-5-7-14/h8-11,14,19,27H,3-7H2,1-2H3/b20-18-. The van der Waals surface area contributed by atoms with Crippen LogP contribution in [0.1, 0.15) is 55.2 Å². The predicted molar refractivity (Wildman–Crippen MR) is 117 cm³/mol. The number of halogens is 2. The molecule has 1 saturated carbocycles. The number of aryl methyl sites for hydroxylation is 1. The monoisotopic (exact) mass is 463 g/mol.